The number of anilines is 2. The highest BCUT2D eigenvalue weighted by atomic mass is 35.5. The summed E-state index contributed by atoms with van der Waals surface area (Å²) in [5.41, 5.74) is 0.806. The number of nitrogens with zero attached hydrogens (tertiary/aromatic N) is 1. The van der Waals surface area contributed by atoms with Crippen LogP contribution in [0.4, 0.5) is 11.4 Å². The lowest BCUT2D eigenvalue weighted by Gasteiger charge is -2.30. The van der Waals surface area contributed by atoms with Gasteiger partial charge in [0.05, 0.1) is 24.7 Å². The molecule has 1 unspecified atom stereocenters. The summed E-state index contributed by atoms with van der Waals surface area (Å²) in [7, 11) is -2.20. The van der Waals surface area contributed by atoms with E-state index in [0.717, 1.165) is 10.6 Å². The molecule has 1 amide bonds. The van der Waals surface area contributed by atoms with Crippen molar-refractivity contribution >= 4 is 38.9 Å². The van der Waals surface area contributed by atoms with E-state index in [-0.39, 0.29) is 6.42 Å². The topological polar surface area (TPSA) is 75.7 Å². The van der Waals surface area contributed by atoms with Crippen molar-refractivity contribution in [3.8, 4) is 5.75 Å². The molecule has 0 spiro atoms. The minimum Gasteiger partial charge on any atom is -0.495 e. The van der Waals surface area contributed by atoms with Crippen LogP contribution in [0.5, 0.6) is 5.75 Å². The quantitative estimate of drug-likeness (QED) is 0.776. The zero-order valence-corrected chi connectivity index (χ0v) is 16.3. The van der Waals surface area contributed by atoms with Gasteiger partial charge in [-0.05, 0) is 36.8 Å². The fraction of sp³-hybridized carbons (Fsp3) is 0.278. The van der Waals surface area contributed by atoms with E-state index in [9.17, 15) is 13.2 Å². The molecule has 26 heavy (non-hydrogen) atoms. The molecule has 140 valence electrons. The standard InChI is InChI=1S/C18H21ClN2O4S/c1-4-16(21(26(3,23)24)14-8-6-5-7-9-14)18(22)20-15-12-13(19)10-11-17(15)25-2/h5-12,16H,4H2,1-3H3,(H,20,22). The van der Waals surface area contributed by atoms with Gasteiger partial charge in [0.15, 0.2) is 0 Å². The third-order valence-electron chi connectivity index (χ3n) is 3.76. The van der Waals surface area contributed by atoms with Crippen LogP contribution in [-0.2, 0) is 14.8 Å². The van der Waals surface area contributed by atoms with E-state index in [0.29, 0.717) is 22.1 Å². The van der Waals surface area contributed by atoms with Crippen molar-refractivity contribution in [2.75, 3.05) is 23.0 Å². The van der Waals surface area contributed by atoms with E-state index in [1.807, 2.05) is 0 Å². The molecule has 0 heterocycles. The molecule has 1 atom stereocenters. The number of sulfonamides is 1. The van der Waals surface area contributed by atoms with Gasteiger partial charge in [0.25, 0.3) is 0 Å². The van der Waals surface area contributed by atoms with Crippen LogP contribution >= 0.6 is 11.6 Å². The Kier molecular flexibility index (Phi) is 6.50. The molecule has 0 radical (unpaired) electrons. The van der Waals surface area contributed by atoms with Crippen LogP contribution in [0, 0.1) is 0 Å². The van der Waals surface area contributed by atoms with Crippen LogP contribution in [0.2, 0.25) is 5.02 Å². The zero-order valence-electron chi connectivity index (χ0n) is 14.8. The fourth-order valence-electron chi connectivity index (χ4n) is 2.63. The van der Waals surface area contributed by atoms with Crippen LogP contribution in [0.3, 0.4) is 0 Å². The third kappa shape index (κ3) is 4.68. The number of amides is 1. The Hall–Kier alpha value is -2.25. The Morgan fingerprint density at radius 1 is 1.23 bits per heavy atom. The Balaban J connectivity index is 2.39. The van der Waals surface area contributed by atoms with Crippen LogP contribution in [0.1, 0.15) is 13.3 Å². The van der Waals surface area contributed by atoms with Gasteiger partial charge in [0, 0.05) is 5.02 Å². The SMILES string of the molecule is CCC(C(=O)Nc1cc(Cl)ccc1OC)N(c1ccccc1)S(C)(=O)=O. The molecule has 0 aliphatic heterocycles. The van der Waals surface area contributed by atoms with Crippen molar-refractivity contribution in [3.05, 3.63) is 53.6 Å². The monoisotopic (exact) mass is 396 g/mol. The Morgan fingerprint density at radius 3 is 2.42 bits per heavy atom. The minimum absolute atomic E-state index is 0.288. The first-order valence-electron chi connectivity index (χ1n) is 7.96. The Morgan fingerprint density at radius 2 is 1.88 bits per heavy atom. The molecule has 0 aliphatic carbocycles. The number of ether oxygens (including phenoxy) is 1. The highest BCUT2D eigenvalue weighted by Gasteiger charge is 2.31. The van der Waals surface area contributed by atoms with Gasteiger partial charge < -0.3 is 10.1 Å². The maximum atomic E-state index is 12.9. The summed E-state index contributed by atoms with van der Waals surface area (Å²) < 4.78 is 31.1. The van der Waals surface area contributed by atoms with E-state index in [4.69, 9.17) is 16.3 Å². The number of carbonyl (C=O) groups excluding carboxylic acids is 1. The van der Waals surface area contributed by atoms with Crippen LogP contribution in [0.15, 0.2) is 48.5 Å². The summed E-state index contributed by atoms with van der Waals surface area (Å²) in [5.74, 6) is -0.0365. The largest absolute Gasteiger partial charge is 0.495 e. The average Bonchev–Trinajstić information content (AvgIpc) is 2.59. The molecule has 1 N–H and O–H groups in total. The Labute approximate surface area is 158 Å². The average molecular weight is 397 g/mol. The molecular formula is C18H21ClN2O4S. The highest BCUT2D eigenvalue weighted by molar-refractivity contribution is 7.92. The maximum Gasteiger partial charge on any atom is 0.248 e. The van der Waals surface area contributed by atoms with Gasteiger partial charge in [-0.15, -0.1) is 0 Å². The smallest absolute Gasteiger partial charge is 0.248 e. The lowest BCUT2D eigenvalue weighted by Crippen LogP contribution is -2.47. The van der Waals surface area contributed by atoms with Crippen molar-refractivity contribution in [2.24, 2.45) is 0 Å². The molecule has 2 rings (SSSR count). The summed E-state index contributed by atoms with van der Waals surface area (Å²) in [6.45, 7) is 1.75. The molecular weight excluding hydrogens is 376 g/mol. The highest BCUT2D eigenvalue weighted by Crippen LogP contribution is 2.29. The summed E-state index contributed by atoms with van der Waals surface area (Å²) in [6.07, 6.45) is 1.37. The Bertz CT molecular complexity index is 872. The first kappa shape index (κ1) is 20.1. The van der Waals surface area contributed by atoms with Gasteiger partial charge in [-0.3, -0.25) is 9.10 Å². The van der Waals surface area contributed by atoms with Crippen LogP contribution in [-0.4, -0.2) is 33.7 Å². The van der Waals surface area contributed by atoms with Crippen molar-refractivity contribution in [2.45, 2.75) is 19.4 Å². The molecule has 6 nitrogen and oxygen atoms in total. The number of methoxy groups -OCH3 is 1. The second kappa shape index (κ2) is 8.42. The fourth-order valence-corrected chi connectivity index (χ4v) is 4.01. The molecule has 0 aliphatic rings. The van der Waals surface area contributed by atoms with E-state index >= 15 is 0 Å². The van der Waals surface area contributed by atoms with E-state index in [1.54, 1.807) is 55.5 Å². The maximum absolute atomic E-state index is 12.9. The van der Waals surface area contributed by atoms with Crippen LogP contribution < -0.4 is 14.4 Å². The summed E-state index contributed by atoms with van der Waals surface area (Å²) in [4.78, 5) is 12.9. The second-order valence-electron chi connectivity index (χ2n) is 5.65. The number of para-hydroxylation sites is 1. The first-order valence-corrected chi connectivity index (χ1v) is 10.2. The van der Waals surface area contributed by atoms with Gasteiger partial charge >= 0.3 is 0 Å². The van der Waals surface area contributed by atoms with E-state index in [2.05, 4.69) is 5.32 Å². The van der Waals surface area contributed by atoms with Crippen molar-refractivity contribution in [1.82, 2.24) is 0 Å². The van der Waals surface area contributed by atoms with Gasteiger partial charge in [-0.1, -0.05) is 36.7 Å². The van der Waals surface area contributed by atoms with Crippen molar-refractivity contribution < 1.29 is 17.9 Å². The zero-order chi connectivity index (χ0) is 19.3. The first-order chi connectivity index (χ1) is 12.3. The molecule has 0 bridgehead atoms. The van der Waals surface area contributed by atoms with Gasteiger partial charge in [0.2, 0.25) is 15.9 Å². The number of nitrogens with one attached hydrogen (secondary N) is 1. The lowest BCUT2D eigenvalue weighted by atomic mass is 10.1. The number of rotatable bonds is 7. The number of hydrogen-bond acceptors (Lipinski definition) is 4. The molecule has 0 saturated heterocycles. The van der Waals surface area contributed by atoms with Crippen LogP contribution in [0.25, 0.3) is 0 Å². The minimum atomic E-state index is -3.68. The molecule has 8 heteroatoms. The van der Waals surface area contributed by atoms with Crippen molar-refractivity contribution in [3.63, 3.8) is 0 Å². The number of carbonyl (C=O) groups is 1. The summed E-state index contributed by atoms with van der Waals surface area (Å²) >= 11 is 5.99. The van der Waals surface area contributed by atoms with Gasteiger partial charge in [-0.25, -0.2) is 8.42 Å². The van der Waals surface area contributed by atoms with Gasteiger partial charge in [0.1, 0.15) is 11.8 Å². The van der Waals surface area contributed by atoms with E-state index in [1.165, 1.54) is 7.11 Å². The van der Waals surface area contributed by atoms with Gasteiger partial charge in [-0.2, -0.15) is 0 Å². The normalized spacial score (nSPS) is 12.3. The summed E-state index contributed by atoms with van der Waals surface area (Å²) in [5, 5.41) is 3.15. The third-order valence-corrected chi connectivity index (χ3v) is 5.17. The van der Waals surface area contributed by atoms with E-state index < -0.39 is 22.0 Å². The predicted molar refractivity (Wildman–Crippen MR) is 104 cm³/mol. The number of benzene rings is 2. The summed E-state index contributed by atoms with van der Waals surface area (Å²) in [6, 6.07) is 12.4. The van der Waals surface area contributed by atoms with Crippen molar-refractivity contribution in [1.29, 1.82) is 0 Å². The second-order valence-corrected chi connectivity index (χ2v) is 7.95. The number of hydrogen-bond donors (Lipinski definition) is 1. The molecule has 0 saturated carbocycles. The molecule has 2 aromatic carbocycles. The molecule has 0 fully saturated rings. The predicted octanol–water partition coefficient (Wildman–Crippen LogP) is 3.53. The lowest BCUT2D eigenvalue weighted by molar-refractivity contribution is -0.117. The molecule has 2 aromatic rings. The number of halogens is 1. The molecule has 0 aromatic heterocycles.